The van der Waals surface area contributed by atoms with E-state index in [2.05, 4.69) is 31.3 Å². The quantitative estimate of drug-likeness (QED) is 0.348. The summed E-state index contributed by atoms with van der Waals surface area (Å²) in [5.74, 6) is 0.211. The van der Waals surface area contributed by atoms with Crippen LogP contribution in [0.15, 0.2) is 60.7 Å². The molecule has 3 aromatic rings. The van der Waals surface area contributed by atoms with Crippen LogP contribution in [0.2, 0.25) is 5.02 Å². The lowest BCUT2D eigenvalue weighted by Gasteiger charge is -2.38. The van der Waals surface area contributed by atoms with Gasteiger partial charge < -0.3 is 19.7 Å². The van der Waals surface area contributed by atoms with Crippen molar-refractivity contribution in [2.45, 2.75) is 45.3 Å². The van der Waals surface area contributed by atoms with Crippen molar-refractivity contribution in [2.24, 2.45) is 0 Å². The molecule has 1 saturated heterocycles. The maximum atomic E-state index is 13.9. The first-order valence-corrected chi connectivity index (χ1v) is 13.9. The molecule has 40 heavy (non-hydrogen) atoms. The number of nitrogens with zero attached hydrogens (tertiary/aromatic N) is 2. The molecule has 0 radical (unpaired) electrons. The summed E-state index contributed by atoms with van der Waals surface area (Å²) in [4.78, 5) is 30.6. The number of benzene rings is 3. The average molecular weight is 566 g/mol. The van der Waals surface area contributed by atoms with Gasteiger partial charge in [-0.2, -0.15) is 0 Å². The summed E-state index contributed by atoms with van der Waals surface area (Å²) in [7, 11) is 0. The molecule has 1 saturated carbocycles. The van der Waals surface area contributed by atoms with Crippen LogP contribution in [0.25, 0.3) is 0 Å². The Balaban J connectivity index is 1.25. The third kappa shape index (κ3) is 6.40. The number of hydrogen-bond acceptors (Lipinski definition) is 5. The summed E-state index contributed by atoms with van der Waals surface area (Å²) in [6, 6.07) is 16.8. The number of hydrogen-bond donors (Lipinski definition) is 1. The van der Waals surface area contributed by atoms with Crippen LogP contribution in [0.3, 0.4) is 0 Å². The fourth-order valence-electron chi connectivity index (χ4n) is 4.92. The predicted octanol–water partition coefficient (Wildman–Crippen LogP) is 5.05. The second-order valence-corrected chi connectivity index (χ2v) is 10.6. The number of rotatable bonds is 10. The number of carbonyl (C=O) groups is 2. The largest absolute Gasteiger partial charge is 0.490 e. The van der Waals surface area contributed by atoms with Crippen molar-refractivity contribution in [3.63, 3.8) is 0 Å². The molecule has 2 fully saturated rings. The molecule has 1 N–H and O–H groups in total. The molecule has 1 heterocycles. The van der Waals surface area contributed by atoms with Gasteiger partial charge in [-0.3, -0.25) is 14.5 Å². The van der Waals surface area contributed by atoms with Crippen LogP contribution < -0.4 is 19.7 Å². The van der Waals surface area contributed by atoms with E-state index in [0.717, 1.165) is 18.4 Å². The van der Waals surface area contributed by atoms with Gasteiger partial charge in [0, 0.05) is 30.9 Å². The van der Waals surface area contributed by atoms with E-state index in [1.165, 1.54) is 29.3 Å². The van der Waals surface area contributed by atoms with Crippen molar-refractivity contribution in [2.75, 3.05) is 31.2 Å². The molecule has 0 aromatic heterocycles. The molecule has 1 aliphatic heterocycles. The molecule has 7 nitrogen and oxygen atoms in total. The van der Waals surface area contributed by atoms with Gasteiger partial charge in [0.2, 0.25) is 11.8 Å². The van der Waals surface area contributed by atoms with Crippen LogP contribution in [0.5, 0.6) is 11.5 Å². The predicted molar refractivity (Wildman–Crippen MR) is 152 cm³/mol. The maximum absolute atomic E-state index is 13.9. The van der Waals surface area contributed by atoms with Gasteiger partial charge in [-0.1, -0.05) is 29.8 Å². The Hall–Kier alpha value is -3.62. The van der Waals surface area contributed by atoms with Crippen LogP contribution in [0.1, 0.15) is 29.5 Å². The zero-order chi connectivity index (χ0) is 28.2. The molecule has 1 atom stereocenters. The van der Waals surface area contributed by atoms with E-state index in [0.29, 0.717) is 29.5 Å². The fraction of sp³-hybridized carbons (Fsp3) is 0.355. The zero-order valence-corrected chi connectivity index (χ0v) is 23.4. The summed E-state index contributed by atoms with van der Waals surface area (Å²) in [6.45, 7) is 5.65. The lowest BCUT2D eigenvalue weighted by molar-refractivity contribution is -0.136. The normalized spacial score (nSPS) is 17.1. The van der Waals surface area contributed by atoms with Crippen molar-refractivity contribution in [1.29, 1.82) is 0 Å². The van der Waals surface area contributed by atoms with E-state index in [9.17, 15) is 14.0 Å². The Morgan fingerprint density at radius 1 is 1.07 bits per heavy atom. The first kappa shape index (κ1) is 27.9. The van der Waals surface area contributed by atoms with Gasteiger partial charge >= 0.3 is 0 Å². The van der Waals surface area contributed by atoms with Crippen molar-refractivity contribution in [3.8, 4) is 11.5 Å². The Bertz CT molecular complexity index is 1380. The molecule has 1 aliphatic carbocycles. The molecule has 2 amide bonds. The first-order valence-electron chi connectivity index (χ1n) is 13.5. The summed E-state index contributed by atoms with van der Waals surface area (Å²) in [5.41, 5.74) is 4.16. The van der Waals surface area contributed by atoms with E-state index in [-0.39, 0.29) is 43.4 Å². The highest BCUT2D eigenvalue weighted by atomic mass is 35.5. The SMILES string of the molecule is Cc1cccc(CN(C(=O)C2CNCC(=O)N2c2ccc(OCCOc3cc(F)ccc3Cl)cc2)C2CC2)c1C. The van der Waals surface area contributed by atoms with E-state index < -0.39 is 11.9 Å². The van der Waals surface area contributed by atoms with Crippen LogP contribution in [-0.4, -0.2) is 55.1 Å². The monoisotopic (exact) mass is 565 g/mol. The number of ether oxygens (including phenoxy) is 2. The van der Waals surface area contributed by atoms with Gasteiger partial charge in [0.15, 0.2) is 0 Å². The molecule has 3 aromatic carbocycles. The minimum absolute atomic E-state index is 0.0440. The maximum Gasteiger partial charge on any atom is 0.247 e. The molecule has 2 aliphatic rings. The minimum atomic E-state index is -0.636. The molecule has 5 rings (SSSR count). The van der Waals surface area contributed by atoms with Crippen LogP contribution in [0.4, 0.5) is 10.1 Å². The summed E-state index contributed by atoms with van der Waals surface area (Å²) >= 11 is 6.03. The standard InChI is InChI=1S/C31H33ClFN3O4/c1-20-4-3-5-22(21(20)2)19-35(24-7-8-24)31(38)28-17-34-18-30(37)36(28)25-9-11-26(12-10-25)39-14-15-40-29-16-23(33)6-13-27(29)32/h3-6,9-13,16,24,28,34H,7-8,14-15,17-19H2,1-2H3. The highest BCUT2D eigenvalue weighted by Crippen LogP contribution is 2.32. The second kappa shape index (κ2) is 12.3. The van der Waals surface area contributed by atoms with Gasteiger partial charge in [-0.05, 0) is 79.8 Å². The van der Waals surface area contributed by atoms with Crippen molar-refractivity contribution >= 4 is 29.1 Å². The number of anilines is 1. The fourth-order valence-corrected chi connectivity index (χ4v) is 5.09. The number of amides is 2. The molecule has 1 unspecified atom stereocenters. The smallest absolute Gasteiger partial charge is 0.247 e. The Morgan fingerprint density at radius 2 is 1.82 bits per heavy atom. The topological polar surface area (TPSA) is 71.1 Å². The lowest BCUT2D eigenvalue weighted by atomic mass is 10.0. The highest BCUT2D eigenvalue weighted by molar-refractivity contribution is 6.32. The number of aryl methyl sites for hydroxylation is 1. The lowest BCUT2D eigenvalue weighted by Crippen LogP contribution is -2.61. The van der Waals surface area contributed by atoms with Crippen molar-refractivity contribution in [3.05, 3.63) is 88.2 Å². The average Bonchev–Trinajstić information content (AvgIpc) is 3.79. The molecular formula is C31H33ClFN3O4. The van der Waals surface area contributed by atoms with Gasteiger partial charge in [0.05, 0.1) is 11.6 Å². The van der Waals surface area contributed by atoms with Crippen molar-refractivity contribution in [1.82, 2.24) is 10.2 Å². The van der Waals surface area contributed by atoms with E-state index in [1.54, 1.807) is 29.2 Å². The number of halogens is 2. The Kier molecular flexibility index (Phi) is 8.57. The minimum Gasteiger partial charge on any atom is -0.490 e. The Labute approximate surface area is 238 Å². The van der Waals surface area contributed by atoms with Crippen LogP contribution >= 0.6 is 11.6 Å². The molecule has 9 heteroatoms. The molecule has 0 spiro atoms. The number of carbonyl (C=O) groups excluding carboxylic acids is 2. The number of nitrogens with one attached hydrogen (secondary N) is 1. The summed E-state index contributed by atoms with van der Waals surface area (Å²) < 4.78 is 24.7. The highest BCUT2D eigenvalue weighted by Gasteiger charge is 2.41. The second-order valence-electron chi connectivity index (χ2n) is 10.2. The van der Waals surface area contributed by atoms with Gasteiger partial charge in [0.1, 0.15) is 36.6 Å². The molecular weight excluding hydrogens is 533 g/mol. The van der Waals surface area contributed by atoms with Crippen LogP contribution in [0, 0.1) is 19.7 Å². The third-order valence-electron chi connectivity index (χ3n) is 7.43. The van der Waals surface area contributed by atoms with Gasteiger partial charge in [-0.25, -0.2) is 4.39 Å². The van der Waals surface area contributed by atoms with Gasteiger partial charge in [0.25, 0.3) is 0 Å². The van der Waals surface area contributed by atoms with Crippen LogP contribution in [-0.2, 0) is 16.1 Å². The third-order valence-corrected chi connectivity index (χ3v) is 7.74. The van der Waals surface area contributed by atoms with Gasteiger partial charge in [-0.15, -0.1) is 0 Å². The molecule has 210 valence electrons. The summed E-state index contributed by atoms with van der Waals surface area (Å²) in [5, 5.41) is 3.44. The first-order chi connectivity index (χ1) is 19.3. The van der Waals surface area contributed by atoms with E-state index >= 15 is 0 Å². The van der Waals surface area contributed by atoms with E-state index in [1.807, 2.05) is 11.0 Å². The number of piperazine rings is 1. The van der Waals surface area contributed by atoms with Crippen molar-refractivity contribution < 1.29 is 23.5 Å². The Morgan fingerprint density at radius 3 is 2.58 bits per heavy atom. The molecule has 0 bridgehead atoms. The zero-order valence-electron chi connectivity index (χ0n) is 22.7. The van der Waals surface area contributed by atoms with E-state index in [4.69, 9.17) is 21.1 Å². The summed E-state index contributed by atoms with van der Waals surface area (Å²) in [6.07, 6.45) is 1.96.